The third kappa shape index (κ3) is 13.8. The molecule has 2 aromatic rings. The summed E-state index contributed by atoms with van der Waals surface area (Å²) in [6.07, 6.45) is 21.3. The van der Waals surface area contributed by atoms with Gasteiger partial charge in [-0.15, -0.1) is 0 Å². The maximum absolute atomic E-state index is 13.5. The van der Waals surface area contributed by atoms with E-state index in [1.807, 2.05) is 38.2 Å². The SMILES string of the molecule is C=C([C@H](/C=C/C)OC(=O)CCC(=O)O)[C@@H]1C/C=C\[C@H]2O[C@H]2/C=C/C=C\c2nc(co2)C(=O)O[C@H](C(C)(C)[C@@H](O)/C=C/C)C/C=C\C2OC2/C=C/[C@H](OC)Cc2nc(co2)C(=O)O1. The van der Waals surface area contributed by atoms with Gasteiger partial charge in [-0.2, -0.15) is 0 Å². The summed E-state index contributed by atoms with van der Waals surface area (Å²) in [5.41, 5.74) is -0.779. The Hall–Kier alpha value is -5.94. The molecule has 5 heterocycles. The molecule has 2 fully saturated rings. The van der Waals surface area contributed by atoms with Gasteiger partial charge in [0.05, 0.1) is 31.5 Å². The quantitative estimate of drug-likeness (QED) is 0.108. The molecule has 2 N–H and O–H groups in total. The average molecular weight is 859 g/mol. The number of fused-ring (bicyclic) bond motifs is 6. The van der Waals surface area contributed by atoms with Gasteiger partial charge in [0, 0.05) is 37.0 Å². The van der Waals surface area contributed by atoms with E-state index in [2.05, 4.69) is 16.5 Å². The van der Waals surface area contributed by atoms with Crippen molar-refractivity contribution >= 4 is 30.0 Å². The van der Waals surface area contributed by atoms with E-state index in [4.69, 9.17) is 42.4 Å². The largest absolute Gasteiger partial charge is 0.481 e. The van der Waals surface area contributed by atoms with Crippen LogP contribution in [-0.4, -0.2) is 106 Å². The van der Waals surface area contributed by atoms with Gasteiger partial charge < -0.3 is 47.5 Å². The lowest BCUT2D eigenvalue weighted by Crippen LogP contribution is -2.42. The lowest BCUT2D eigenvalue weighted by molar-refractivity contribution is -0.149. The van der Waals surface area contributed by atoms with Crippen LogP contribution in [0.5, 0.6) is 0 Å². The van der Waals surface area contributed by atoms with Gasteiger partial charge in [0.25, 0.3) is 0 Å². The molecule has 4 bridgehead atoms. The molecule has 0 aromatic carbocycles. The van der Waals surface area contributed by atoms with E-state index in [9.17, 15) is 24.3 Å². The topological polar surface area (TPSA) is 223 Å². The number of cyclic esters (lactones) is 2. The summed E-state index contributed by atoms with van der Waals surface area (Å²) in [4.78, 5) is 58.9. The zero-order valence-corrected chi connectivity index (χ0v) is 35.4. The number of nitrogens with zero attached hydrogens (tertiary/aromatic N) is 2. The van der Waals surface area contributed by atoms with Crippen molar-refractivity contribution in [2.45, 2.75) is 115 Å². The summed E-state index contributed by atoms with van der Waals surface area (Å²) in [7, 11) is 1.52. The number of carboxylic acid groups (broad SMARTS) is 1. The molecule has 16 nitrogen and oxygen atoms in total. The zero-order valence-electron chi connectivity index (χ0n) is 35.4. The van der Waals surface area contributed by atoms with Crippen molar-refractivity contribution in [2.24, 2.45) is 5.41 Å². The Morgan fingerprint density at radius 1 is 0.871 bits per heavy atom. The average Bonchev–Trinajstić information content (AvgIpc) is 4.04. The van der Waals surface area contributed by atoms with Crippen LogP contribution in [0.3, 0.4) is 0 Å². The lowest BCUT2D eigenvalue weighted by Gasteiger charge is -2.36. The molecule has 62 heavy (non-hydrogen) atoms. The summed E-state index contributed by atoms with van der Waals surface area (Å²) in [6, 6.07) is 0. The van der Waals surface area contributed by atoms with Gasteiger partial charge in [-0.05, 0) is 19.9 Å². The number of esters is 3. The number of carbonyl (C=O) groups is 4. The highest BCUT2D eigenvalue weighted by atomic mass is 16.6. The van der Waals surface area contributed by atoms with Gasteiger partial charge in [-0.25, -0.2) is 19.6 Å². The second-order valence-corrected chi connectivity index (χ2v) is 15.2. The molecule has 5 rings (SSSR count). The van der Waals surface area contributed by atoms with E-state index in [-0.39, 0.29) is 78.8 Å². The van der Waals surface area contributed by atoms with Crippen molar-refractivity contribution in [1.29, 1.82) is 0 Å². The monoisotopic (exact) mass is 858 g/mol. The highest BCUT2D eigenvalue weighted by Gasteiger charge is 2.39. The number of methoxy groups -OCH3 is 1. The first kappa shape index (κ1) is 47.1. The molecule has 332 valence electrons. The van der Waals surface area contributed by atoms with Gasteiger partial charge >= 0.3 is 23.9 Å². The molecule has 2 aromatic heterocycles. The fourth-order valence-electron chi connectivity index (χ4n) is 6.25. The minimum absolute atomic E-state index is 0.0289. The Bertz CT molecular complexity index is 2100. The van der Waals surface area contributed by atoms with Gasteiger partial charge in [-0.1, -0.05) is 93.3 Å². The van der Waals surface area contributed by atoms with Crippen molar-refractivity contribution < 1.29 is 66.6 Å². The maximum Gasteiger partial charge on any atom is 0.360 e. The molecular formula is C46H54N2O14. The molecule has 2 saturated heterocycles. The molecule has 0 amide bonds. The number of aliphatic carboxylic acids is 1. The summed E-state index contributed by atoms with van der Waals surface area (Å²) in [6.45, 7) is 11.2. The maximum atomic E-state index is 13.5. The molecule has 16 heteroatoms. The van der Waals surface area contributed by atoms with Crippen LogP contribution in [0.15, 0.2) is 113 Å². The minimum atomic E-state index is -1.15. The van der Waals surface area contributed by atoms with E-state index >= 15 is 0 Å². The highest BCUT2D eigenvalue weighted by Crippen LogP contribution is 2.33. The fraction of sp³-hybridized carbons (Fsp3) is 0.435. The summed E-state index contributed by atoms with van der Waals surface area (Å²) >= 11 is 0. The summed E-state index contributed by atoms with van der Waals surface area (Å²) in [5, 5.41) is 20.0. The molecule has 0 aliphatic carbocycles. The Balaban J connectivity index is 1.36. The molecule has 0 saturated carbocycles. The van der Waals surface area contributed by atoms with Crippen LogP contribution in [0.4, 0.5) is 0 Å². The van der Waals surface area contributed by atoms with Crippen molar-refractivity contribution in [3.8, 4) is 0 Å². The molecular weight excluding hydrogens is 805 g/mol. The molecule has 3 aliphatic heterocycles. The first-order valence-electron chi connectivity index (χ1n) is 20.3. The lowest BCUT2D eigenvalue weighted by atomic mass is 9.79. The highest BCUT2D eigenvalue weighted by molar-refractivity contribution is 5.87. The van der Waals surface area contributed by atoms with Crippen LogP contribution >= 0.6 is 0 Å². The van der Waals surface area contributed by atoms with Crippen molar-refractivity contribution in [1.82, 2.24) is 9.97 Å². The van der Waals surface area contributed by atoms with E-state index in [1.54, 1.807) is 74.6 Å². The number of rotatable bonds is 11. The number of aromatic nitrogens is 2. The Morgan fingerprint density at radius 3 is 2.21 bits per heavy atom. The van der Waals surface area contributed by atoms with Crippen LogP contribution in [-0.2, 0) is 44.4 Å². The van der Waals surface area contributed by atoms with Crippen LogP contribution in [0.25, 0.3) is 6.08 Å². The predicted molar refractivity (Wildman–Crippen MR) is 223 cm³/mol. The van der Waals surface area contributed by atoms with Crippen molar-refractivity contribution in [3.05, 3.63) is 127 Å². The molecule has 2 unspecified atom stereocenters. The van der Waals surface area contributed by atoms with Crippen LogP contribution in [0, 0.1) is 5.41 Å². The van der Waals surface area contributed by atoms with Gasteiger partial charge in [0.15, 0.2) is 17.3 Å². The molecule has 9 atom stereocenters. The number of oxazole rings is 2. The number of epoxide rings is 2. The van der Waals surface area contributed by atoms with Gasteiger partial charge in [-0.3, -0.25) is 9.59 Å². The number of aliphatic hydroxyl groups excluding tert-OH is 1. The second kappa shape index (κ2) is 22.2. The number of hydrogen-bond donors (Lipinski definition) is 2. The number of ether oxygens (including phenoxy) is 6. The van der Waals surface area contributed by atoms with Crippen LogP contribution in [0.1, 0.15) is 86.1 Å². The minimum Gasteiger partial charge on any atom is -0.481 e. The number of carboxylic acids is 1. The van der Waals surface area contributed by atoms with Crippen molar-refractivity contribution in [2.75, 3.05) is 7.11 Å². The number of allylic oxidation sites excluding steroid dienone is 4. The normalized spacial score (nSPS) is 28.5. The Labute approximate surface area is 359 Å². The van der Waals surface area contributed by atoms with E-state index in [1.165, 1.54) is 19.6 Å². The second-order valence-electron chi connectivity index (χ2n) is 15.2. The third-order valence-electron chi connectivity index (χ3n) is 10.2. The molecule has 0 radical (unpaired) electrons. The standard InChI is InChI=1S/C46H54N2O14/c1-7-13-32(60-43(52)24-23-42(50)51)28(3)33-16-11-17-35-34(58-35)15-9-10-20-40-47-31(26-56-40)45(54)62-39(46(4,5)38(49)14-8-2)19-12-18-36-37(59-36)22-21-29(55-6)25-41-48-30(27-57-41)44(53)61-33/h7-15,17-18,20-22,26-27,29,32-39,49H,3,16,19,23-25H2,1-2,4-6H3,(H,50,51)/b13-7+,14-8+,15-9+,17-11-,18-12-,20-10-,22-21+/t29-,32-,33-,34-,35+,36?,37?,38-,39-/m0/s1. The third-order valence-corrected chi connectivity index (χ3v) is 10.2. The Morgan fingerprint density at radius 2 is 1.52 bits per heavy atom. The van der Waals surface area contributed by atoms with Crippen LogP contribution in [0.2, 0.25) is 0 Å². The first-order chi connectivity index (χ1) is 29.7. The fourth-order valence-corrected chi connectivity index (χ4v) is 6.25. The summed E-state index contributed by atoms with van der Waals surface area (Å²) < 4.78 is 45.6. The van der Waals surface area contributed by atoms with E-state index in [0.29, 0.717) is 0 Å². The number of aliphatic hydroxyl groups is 1. The van der Waals surface area contributed by atoms with E-state index < -0.39 is 66.2 Å². The summed E-state index contributed by atoms with van der Waals surface area (Å²) in [5.74, 6) is -3.04. The Kier molecular flexibility index (Phi) is 16.9. The van der Waals surface area contributed by atoms with Crippen LogP contribution < -0.4 is 0 Å². The van der Waals surface area contributed by atoms with E-state index in [0.717, 1.165) is 0 Å². The van der Waals surface area contributed by atoms with Crippen molar-refractivity contribution in [3.63, 3.8) is 0 Å². The van der Waals surface area contributed by atoms with Gasteiger partial charge in [0.1, 0.15) is 55.3 Å². The molecule has 0 spiro atoms. The molecule has 3 aliphatic rings. The zero-order chi connectivity index (χ0) is 44.8. The van der Waals surface area contributed by atoms with Gasteiger partial charge in [0.2, 0.25) is 5.89 Å². The number of hydrogen-bond acceptors (Lipinski definition) is 15. The number of carbonyl (C=O) groups excluding carboxylic acids is 3. The predicted octanol–water partition coefficient (Wildman–Crippen LogP) is 6.41. The smallest absolute Gasteiger partial charge is 0.360 e. The first-order valence-corrected chi connectivity index (χ1v) is 20.3.